The lowest BCUT2D eigenvalue weighted by Gasteiger charge is -2.35. The van der Waals surface area contributed by atoms with Crippen molar-refractivity contribution >= 4 is 11.8 Å². The van der Waals surface area contributed by atoms with E-state index >= 15 is 0 Å². The van der Waals surface area contributed by atoms with Gasteiger partial charge in [0.2, 0.25) is 12.1 Å². The predicted octanol–water partition coefficient (Wildman–Crippen LogP) is 0.0777. The minimum atomic E-state index is -1.66. The molecule has 0 amide bonds. The summed E-state index contributed by atoms with van der Waals surface area (Å²) in [6.07, 6.45) is -1.99. The number of carbonyl (C=O) groups excluding carboxylic acids is 2. The number of esters is 1. The molecule has 1 saturated heterocycles. The predicted molar refractivity (Wildman–Crippen MR) is 87.5 cm³/mol. The number of aliphatic hydroxyl groups is 3. The van der Waals surface area contributed by atoms with Crippen LogP contribution in [0.5, 0.6) is 0 Å². The molecule has 1 rings (SSSR count). The number of carbonyl (C=O) groups is 2. The number of allylic oxidation sites excluding steroid dienone is 1. The summed E-state index contributed by atoms with van der Waals surface area (Å²) in [4.78, 5) is 23.4. The van der Waals surface area contributed by atoms with E-state index in [9.17, 15) is 19.8 Å². The number of Topliss-reactive ketones (excluding diaryl/α,β-unsaturated/α-hetero) is 1. The highest BCUT2D eigenvalue weighted by atomic mass is 16.7. The Labute approximate surface area is 147 Å². The summed E-state index contributed by atoms with van der Waals surface area (Å²) in [6.45, 7) is 6.50. The highest BCUT2D eigenvalue weighted by molar-refractivity contribution is 5.87. The molecule has 1 aliphatic rings. The average molecular weight is 360 g/mol. The van der Waals surface area contributed by atoms with Crippen LogP contribution in [0.25, 0.3) is 0 Å². The fraction of sp³-hybridized carbons (Fsp3) is 0.765. The van der Waals surface area contributed by atoms with E-state index in [1.807, 2.05) is 0 Å². The molecule has 0 bridgehead atoms. The summed E-state index contributed by atoms with van der Waals surface area (Å²) < 4.78 is 15.7. The molecule has 0 aromatic carbocycles. The van der Waals surface area contributed by atoms with Gasteiger partial charge in [-0.2, -0.15) is 0 Å². The smallest absolute Gasteiger partial charge is 0.330 e. The van der Waals surface area contributed by atoms with Gasteiger partial charge < -0.3 is 29.5 Å². The van der Waals surface area contributed by atoms with Gasteiger partial charge >= 0.3 is 5.97 Å². The van der Waals surface area contributed by atoms with Gasteiger partial charge in [0.15, 0.2) is 0 Å². The van der Waals surface area contributed by atoms with Crippen LogP contribution in [0, 0.1) is 0 Å². The molecular formula is C17H28O8. The zero-order valence-corrected chi connectivity index (χ0v) is 15.0. The van der Waals surface area contributed by atoms with Crippen LogP contribution >= 0.6 is 0 Å². The topological polar surface area (TPSA) is 123 Å². The van der Waals surface area contributed by atoms with Crippen LogP contribution in [-0.4, -0.2) is 70.0 Å². The number of hydrogen-bond acceptors (Lipinski definition) is 8. The summed E-state index contributed by atoms with van der Waals surface area (Å²) in [7, 11) is 0. The lowest BCUT2D eigenvalue weighted by atomic mass is 10.0. The Morgan fingerprint density at radius 3 is 2.56 bits per heavy atom. The second kappa shape index (κ2) is 9.40. The molecule has 3 unspecified atom stereocenters. The van der Waals surface area contributed by atoms with E-state index in [4.69, 9.17) is 19.3 Å². The zero-order chi connectivity index (χ0) is 19.2. The zero-order valence-electron chi connectivity index (χ0n) is 15.0. The summed E-state index contributed by atoms with van der Waals surface area (Å²) >= 11 is 0. The Hall–Kier alpha value is -1.32. The number of ketones is 1. The first-order chi connectivity index (χ1) is 11.5. The normalized spacial score (nSPS) is 29.0. The molecule has 0 spiro atoms. The molecule has 1 heterocycles. The van der Waals surface area contributed by atoms with Crippen molar-refractivity contribution in [3.05, 3.63) is 12.2 Å². The van der Waals surface area contributed by atoms with Gasteiger partial charge in [0.05, 0.1) is 12.7 Å². The van der Waals surface area contributed by atoms with E-state index in [0.717, 1.165) is 0 Å². The van der Waals surface area contributed by atoms with E-state index in [0.29, 0.717) is 12.8 Å². The summed E-state index contributed by atoms with van der Waals surface area (Å²) in [5.74, 6) is -1.22. The highest BCUT2D eigenvalue weighted by Gasteiger charge is 2.44. The molecule has 5 atom stereocenters. The maximum atomic E-state index is 11.9. The maximum Gasteiger partial charge on any atom is 0.330 e. The number of rotatable bonds is 7. The monoisotopic (exact) mass is 360 g/mol. The lowest BCUT2D eigenvalue weighted by molar-refractivity contribution is -0.248. The quantitative estimate of drug-likeness (QED) is 0.431. The first-order valence-electron chi connectivity index (χ1n) is 8.26. The van der Waals surface area contributed by atoms with E-state index in [2.05, 4.69) is 0 Å². The summed E-state index contributed by atoms with van der Waals surface area (Å²) in [6, 6.07) is 0. The van der Waals surface area contributed by atoms with E-state index in [-0.39, 0.29) is 0 Å². The molecule has 1 aliphatic heterocycles. The Kier molecular flexibility index (Phi) is 8.17. The standard InChI is InChI=1S/C17H28O8/c1-10(7-5-6-8-12(19)25-17(2,3)4)23-16-15(22)14(21)13(20)11(9-18)24-16/h6,8,10-11,13-14,16,18,20-21H,5,7,9H2,1-4H3/b8-6+/t10?,11?,13-,14?,16+/m1/s1. The van der Waals surface area contributed by atoms with Crippen molar-refractivity contribution in [2.24, 2.45) is 0 Å². The van der Waals surface area contributed by atoms with Crippen molar-refractivity contribution in [1.82, 2.24) is 0 Å². The van der Waals surface area contributed by atoms with Crippen LogP contribution in [-0.2, 0) is 23.8 Å². The minimum absolute atomic E-state index is 0.404. The van der Waals surface area contributed by atoms with Crippen molar-refractivity contribution in [3.63, 3.8) is 0 Å². The largest absolute Gasteiger partial charge is 0.457 e. The van der Waals surface area contributed by atoms with Crippen molar-refractivity contribution in [1.29, 1.82) is 0 Å². The van der Waals surface area contributed by atoms with Crippen molar-refractivity contribution in [3.8, 4) is 0 Å². The molecule has 8 heteroatoms. The average Bonchev–Trinajstić information content (AvgIpc) is 2.50. The molecule has 0 aromatic heterocycles. The van der Waals surface area contributed by atoms with Gasteiger partial charge in [-0.1, -0.05) is 6.08 Å². The Morgan fingerprint density at radius 2 is 2.00 bits per heavy atom. The van der Waals surface area contributed by atoms with Crippen molar-refractivity contribution in [2.75, 3.05) is 6.61 Å². The highest BCUT2D eigenvalue weighted by Crippen LogP contribution is 2.20. The molecule has 0 radical (unpaired) electrons. The minimum Gasteiger partial charge on any atom is -0.457 e. The van der Waals surface area contributed by atoms with Crippen LogP contribution < -0.4 is 0 Å². The number of ether oxygens (including phenoxy) is 3. The SMILES string of the molecule is CC(CC/C=C/C(=O)OC(C)(C)C)O[C@H]1OC(CO)[C@@H](O)C(O)C1=O. The van der Waals surface area contributed by atoms with E-state index < -0.39 is 54.7 Å². The van der Waals surface area contributed by atoms with Gasteiger partial charge in [-0.25, -0.2) is 4.79 Å². The van der Waals surface area contributed by atoms with Crippen LogP contribution in [0.15, 0.2) is 12.2 Å². The van der Waals surface area contributed by atoms with Crippen molar-refractivity contribution in [2.45, 2.75) is 76.8 Å². The fourth-order valence-electron chi connectivity index (χ4n) is 2.19. The van der Waals surface area contributed by atoms with E-state index in [1.54, 1.807) is 33.8 Å². The maximum absolute atomic E-state index is 11.9. The molecule has 0 aromatic rings. The second-order valence-electron chi connectivity index (χ2n) is 6.99. The van der Waals surface area contributed by atoms with Crippen molar-refractivity contribution < 1.29 is 39.1 Å². The Morgan fingerprint density at radius 1 is 1.36 bits per heavy atom. The third-order valence-corrected chi connectivity index (χ3v) is 3.46. The van der Waals surface area contributed by atoms with Gasteiger partial charge in [0.1, 0.15) is 23.9 Å². The molecule has 8 nitrogen and oxygen atoms in total. The number of aliphatic hydroxyl groups excluding tert-OH is 3. The van der Waals surface area contributed by atoms with Crippen LogP contribution in [0.2, 0.25) is 0 Å². The summed E-state index contributed by atoms with van der Waals surface area (Å²) in [5.41, 5.74) is -0.550. The number of hydrogen-bond donors (Lipinski definition) is 3. The fourth-order valence-corrected chi connectivity index (χ4v) is 2.19. The molecule has 3 N–H and O–H groups in total. The van der Waals surface area contributed by atoms with Gasteiger partial charge in [-0.3, -0.25) is 4.79 Å². The van der Waals surface area contributed by atoms with Gasteiger partial charge in [-0.05, 0) is 40.5 Å². The molecule has 0 aliphatic carbocycles. The Bertz CT molecular complexity index is 482. The van der Waals surface area contributed by atoms with Gasteiger partial charge in [0, 0.05) is 6.08 Å². The summed E-state index contributed by atoms with van der Waals surface area (Å²) in [5, 5.41) is 28.4. The van der Waals surface area contributed by atoms with E-state index in [1.165, 1.54) is 6.08 Å². The lowest BCUT2D eigenvalue weighted by Crippen LogP contribution is -2.57. The van der Waals surface area contributed by atoms with Gasteiger partial charge in [-0.15, -0.1) is 0 Å². The van der Waals surface area contributed by atoms with Crippen LogP contribution in [0.4, 0.5) is 0 Å². The molecule has 144 valence electrons. The third-order valence-electron chi connectivity index (χ3n) is 3.46. The first kappa shape index (κ1) is 21.7. The molecular weight excluding hydrogens is 332 g/mol. The molecule has 25 heavy (non-hydrogen) atoms. The first-order valence-corrected chi connectivity index (χ1v) is 8.26. The van der Waals surface area contributed by atoms with Crippen LogP contribution in [0.1, 0.15) is 40.5 Å². The second-order valence-corrected chi connectivity index (χ2v) is 6.99. The third kappa shape index (κ3) is 7.21. The van der Waals surface area contributed by atoms with Crippen LogP contribution in [0.3, 0.4) is 0 Å². The Balaban J connectivity index is 2.42. The molecule has 0 saturated carbocycles. The molecule has 1 fully saturated rings. The van der Waals surface area contributed by atoms with Gasteiger partial charge in [0.25, 0.3) is 0 Å².